The van der Waals surface area contributed by atoms with Crippen molar-refractivity contribution in [3.63, 3.8) is 0 Å². The zero-order valence-corrected chi connectivity index (χ0v) is 16.9. The van der Waals surface area contributed by atoms with E-state index in [-0.39, 0.29) is 10.6 Å². The van der Waals surface area contributed by atoms with Crippen LogP contribution in [-0.4, -0.2) is 30.4 Å². The number of benzene rings is 3. The number of anilines is 1. The number of hydrogen-bond acceptors (Lipinski definition) is 5. The third kappa shape index (κ3) is 4.13. The summed E-state index contributed by atoms with van der Waals surface area (Å²) in [7, 11) is -2.11. The van der Waals surface area contributed by atoms with Gasteiger partial charge in [0, 0.05) is 17.4 Å². The molecule has 0 saturated carbocycles. The SMILES string of the molecule is COc1ccc(-c2cnn(-c3ccc(NS(=O)(=O)c4ccc(O)cc4)cc3)c2)cc1. The van der Waals surface area contributed by atoms with Crippen molar-refractivity contribution in [1.82, 2.24) is 9.78 Å². The molecule has 0 atom stereocenters. The number of rotatable bonds is 6. The minimum atomic E-state index is -3.74. The summed E-state index contributed by atoms with van der Waals surface area (Å²) in [5.74, 6) is 0.794. The lowest BCUT2D eigenvalue weighted by Crippen LogP contribution is -2.12. The molecule has 30 heavy (non-hydrogen) atoms. The predicted octanol–water partition coefficient (Wildman–Crippen LogP) is 4.05. The molecule has 0 aliphatic carbocycles. The summed E-state index contributed by atoms with van der Waals surface area (Å²) in [5.41, 5.74) is 3.19. The quantitative estimate of drug-likeness (QED) is 0.490. The number of methoxy groups -OCH3 is 1. The second-order valence-electron chi connectivity index (χ2n) is 6.55. The summed E-state index contributed by atoms with van der Waals surface area (Å²) in [4.78, 5) is 0.0700. The normalized spacial score (nSPS) is 11.2. The number of aromatic nitrogens is 2. The Balaban J connectivity index is 1.51. The molecule has 0 spiro atoms. The van der Waals surface area contributed by atoms with Crippen molar-refractivity contribution in [3.05, 3.63) is 85.2 Å². The van der Waals surface area contributed by atoms with Crippen LogP contribution in [0.2, 0.25) is 0 Å². The van der Waals surface area contributed by atoms with E-state index in [9.17, 15) is 13.5 Å². The second kappa shape index (κ2) is 7.92. The zero-order chi connectivity index (χ0) is 21.1. The van der Waals surface area contributed by atoms with Crippen molar-refractivity contribution in [2.75, 3.05) is 11.8 Å². The van der Waals surface area contributed by atoms with E-state index in [1.165, 1.54) is 24.3 Å². The summed E-state index contributed by atoms with van der Waals surface area (Å²) < 4.78 is 34.3. The fourth-order valence-corrected chi connectivity index (χ4v) is 3.98. The van der Waals surface area contributed by atoms with E-state index in [1.54, 1.807) is 42.3 Å². The van der Waals surface area contributed by atoms with Gasteiger partial charge in [-0.2, -0.15) is 5.10 Å². The maximum absolute atomic E-state index is 12.5. The van der Waals surface area contributed by atoms with Gasteiger partial charge in [-0.1, -0.05) is 12.1 Å². The first-order valence-corrected chi connectivity index (χ1v) is 10.5. The summed E-state index contributed by atoms with van der Waals surface area (Å²) in [6, 6.07) is 19.9. The summed E-state index contributed by atoms with van der Waals surface area (Å²) in [6.07, 6.45) is 3.67. The molecule has 7 nitrogen and oxygen atoms in total. The number of sulfonamides is 1. The van der Waals surface area contributed by atoms with Gasteiger partial charge < -0.3 is 9.84 Å². The van der Waals surface area contributed by atoms with Gasteiger partial charge in [0.15, 0.2) is 0 Å². The van der Waals surface area contributed by atoms with Crippen LogP contribution in [0.15, 0.2) is 90.1 Å². The molecule has 1 heterocycles. The Morgan fingerprint density at radius 1 is 0.900 bits per heavy atom. The first-order valence-electron chi connectivity index (χ1n) is 9.06. The number of phenolic OH excluding ortho intramolecular Hbond substituents is 1. The first kappa shape index (κ1) is 19.5. The average Bonchev–Trinajstić information content (AvgIpc) is 3.25. The Kier molecular flexibility index (Phi) is 5.16. The molecular weight excluding hydrogens is 402 g/mol. The lowest BCUT2D eigenvalue weighted by Gasteiger charge is -2.09. The van der Waals surface area contributed by atoms with Crippen LogP contribution in [0.4, 0.5) is 5.69 Å². The van der Waals surface area contributed by atoms with Gasteiger partial charge in [-0.15, -0.1) is 0 Å². The molecule has 1 aromatic heterocycles. The molecule has 8 heteroatoms. The van der Waals surface area contributed by atoms with Gasteiger partial charge in [0.25, 0.3) is 10.0 Å². The first-order chi connectivity index (χ1) is 14.4. The van der Waals surface area contributed by atoms with Crippen molar-refractivity contribution in [2.24, 2.45) is 0 Å². The highest BCUT2D eigenvalue weighted by Gasteiger charge is 2.14. The van der Waals surface area contributed by atoms with Crippen LogP contribution < -0.4 is 9.46 Å². The van der Waals surface area contributed by atoms with Crippen LogP contribution in [0.5, 0.6) is 11.5 Å². The van der Waals surface area contributed by atoms with Gasteiger partial charge in [-0.05, 0) is 66.2 Å². The molecular formula is C22H19N3O4S. The Bertz CT molecular complexity index is 1250. The van der Waals surface area contributed by atoms with Crippen LogP contribution in [0, 0.1) is 0 Å². The fourth-order valence-electron chi connectivity index (χ4n) is 2.92. The Labute approximate surface area is 174 Å². The molecule has 0 aliphatic heterocycles. The van der Waals surface area contributed by atoms with Crippen LogP contribution in [0.3, 0.4) is 0 Å². The highest BCUT2D eigenvalue weighted by atomic mass is 32.2. The largest absolute Gasteiger partial charge is 0.508 e. The number of hydrogen-bond donors (Lipinski definition) is 2. The monoisotopic (exact) mass is 421 g/mol. The van der Waals surface area contributed by atoms with E-state index in [4.69, 9.17) is 4.74 Å². The highest BCUT2D eigenvalue weighted by Crippen LogP contribution is 2.24. The molecule has 0 bridgehead atoms. The number of aromatic hydroxyl groups is 1. The van der Waals surface area contributed by atoms with E-state index < -0.39 is 10.0 Å². The number of nitrogens with one attached hydrogen (secondary N) is 1. The number of nitrogens with zero attached hydrogens (tertiary/aromatic N) is 2. The van der Waals surface area contributed by atoms with E-state index >= 15 is 0 Å². The molecule has 0 amide bonds. The topological polar surface area (TPSA) is 93.5 Å². The van der Waals surface area contributed by atoms with Gasteiger partial charge in [0.1, 0.15) is 11.5 Å². The molecule has 0 fully saturated rings. The molecule has 2 N–H and O–H groups in total. The fraction of sp³-hybridized carbons (Fsp3) is 0.0455. The van der Waals surface area contributed by atoms with Crippen LogP contribution >= 0.6 is 0 Å². The summed E-state index contributed by atoms with van der Waals surface area (Å²) in [5, 5.41) is 13.7. The molecule has 4 aromatic rings. The maximum Gasteiger partial charge on any atom is 0.261 e. The van der Waals surface area contributed by atoms with Gasteiger partial charge >= 0.3 is 0 Å². The van der Waals surface area contributed by atoms with E-state index in [0.717, 1.165) is 22.6 Å². The third-order valence-corrected chi connectivity index (χ3v) is 5.93. The van der Waals surface area contributed by atoms with Crippen molar-refractivity contribution < 1.29 is 18.3 Å². The number of ether oxygens (including phenoxy) is 1. The minimum absolute atomic E-state index is 0.00605. The lowest BCUT2D eigenvalue weighted by atomic mass is 10.1. The van der Waals surface area contributed by atoms with E-state index in [2.05, 4.69) is 9.82 Å². The van der Waals surface area contributed by atoms with Gasteiger partial charge in [0.2, 0.25) is 0 Å². The molecule has 3 aromatic carbocycles. The molecule has 0 aliphatic rings. The Morgan fingerprint density at radius 2 is 1.57 bits per heavy atom. The molecule has 0 unspecified atom stereocenters. The summed E-state index contributed by atoms with van der Waals surface area (Å²) in [6.45, 7) is 0. The van der Waals surface area contributed by atoms with Crippen molar-refractivity contribution in [3.8, 4) is 28.3 Å². The molecule has 0 radical (unpaired) electrons. The van der Waals surface area contributed by atoms with Gasteiger partial charge in [0.05, 0.1) is 23.9 Å². The molecule has 4 rings (SSSR count). The van der Waals surface area contributed by atoms with Crippen LogP contribution in [0.1, 0.15) is 0 Å². The van der Waals surface area contributed by atoms with Crippen LogP contribution in [0.25, 0.3) is 16.8 Å². The van der Waals surface area contributed by atoms with Gasteiger partial charge in [-0.3, -0.25) is 4.72 Å². The van der Waals surface area contributed by atoms with Crippen molar-refractivity contribution in [1.29, 1.82) is 0 Å². The average molecular weight is 421 g/mol. The van der Waals surface area contributed by atoms with Crippen LogP contribution in [-0.2, 0) is 10.0 Å². The van der Waals surface area contributed by atoms with E-state index in [1.807, 2.05) is 30.5 Å². The standard InChI is InChI=1S/C22H19N3O4S/c1-29-21-10-2-16(3-11-21)17-14-23-25(15-17)19-6-4-18(5-7-19)24-30(27,28)22-12-8-20(26)9-13-22/h2-15,24,26H,1H3. The van der Waals surface area contributed by atoms with Crippen molar-refractivity contribution >= 4 is 15.7 Å². The lowest BCUT2D eigenvalue weighted by molar-refractivity contribution is 0.415. The molecule has 152 valence electrons. The zero-order valence-electron chi connectivity index (χ0n) is 16.1. The van der Waals surface area contributed by atoms with E-state index in [0.29, 0.717) is 5.69 Å². The Hall–Kier alpha value is -3.78. The predicted molar refractivity (Wildman–Crippen MR) is 114 cm³/mol. The van der Waals surface area contributed by atoms with Crippen molar-refractivity contribution in [2.45, 2.75) is 4.90 Å². The molecule has 0 saturated heterocycles. The smallest absolute Gasteiger partial charge is 0.261 e. The van der Waals surface area contributed by atoms with Gasteiger partial charge in [-0.25, -0.2) is 13.1 Å². The third-order valence-electron chi connectivity index (χ3n) is 4.54. The minimum Gasteiger partial charge on any atom is -0.508 e. The number of phenols is 1. The highest BCUT2D eigenvalue weighted by molar-refractivity contribution is 7.92. The second-order valence-corrected chi connectivity index (χ2v) is 8.23. The maximum atomic E-state index is 12.5. The Morgan fingerprint density at radius 3 is 2.20 bits per heavy atom. The summed E-state index contributed by atoms with van der Waals surface area (Å²) >= 11 is 0.